The monoisotopic (exact) mass is 407 g/mol. The number of amides is 1. The molecule has 0 spiro atoms. The zero-order valence-electron chi connectivity index (χ0n) is 12.2. The van der Waals surface area contributed by atoms with Crippen molar-refractivity contribution in [2.24, 2.45) is 0 Å². The van der Waals surface area contributed by atoms with E-state index in [0.717, 1.165) is 35.3 Å². The number of carbonyl (C=O) groups is 1. The van der Waals surface area contributed by atoms with Gasteiger partial charge in [0, 0.05) is 18.7 Å². The van der Waals surface area contributed by atoms with E-state index in [1.807, 2.05) is 23.1 Å². The maximum atomic E-state index is 12.4. The van der Waals surface area contributed by atoms with Crippen LogP contribution in [0.25, 0.3) is 6.08 Å². The van der Waals surface area contributed by atoms with E-state index < -0.39 is 0 Å². The normalized spacial score (nSPS) is 18.2. The minimum Gasteiger partial charge on any atom is -0.451 e. The summed E-state index contributed by atoms with van der Waals surface area (Å²) in [5, 5.41) is 0. The van der Waals surface area contributed by atoms with Crippen LogP contribution in [0.4, 0.5) is 0 Å². The second kappa shape index (κ2) is 7.13. The summed E-state index contributed by atoms with van der Waals surface area (Å²) >= 11 is 2.12. The van der Waals surface area contributed by atoms with Crippen LogP contribution in [0.15, 0.2) is 53.0 Å². The maximum Gasteiger partial charge on any atom is 0.246 e. The molecule has 3 rings (SSSR count). The van der Waals surface area contributed by atoms with Gasteiger partial charge in [-0.15, -0.1) is 0 Å². The average Bonchev–Trinajstić information content (AvgIpc) is 3.15. The van der Waals surface area contributed by atoms with Gasteiger partial charge in [0.15, 0.2) is 3.77 Å². The highest BCUT2D eigenvalue weighted by molar-refractivity contribution is 14.1. The molecule has 1 saturated heterocycles. The summed E-state index contributed by atoms with van der Waals surface area (Å²) in [6.45, 7) is 0.844. The van der Waals surface area contributed by atoms with Gasteiger partial charge in [-0.2, -0.15) is 0 Å². The Labute approximate surface area is 144 Å². The molecule has 1 unspecified atom stereocenters. The van der Waals surface area contributed by atoms with E-state index in [9.17, 15) is 4.79 Å². The Kier molecular flexibility index (Phi) is 4.97. The summed E-state index contributed by atoms with van der Waals surface area (Å²) in [6.07, 6.45) is 6.46. The number of benzene rings is 1. The van der Waals surface area contributed by atoms with Crippen LogP contribution in [0.2, 0.25) is 0 Å². The predicted octanol–water partition coefficient (Wildman–Crippen LogP) is 4.13. The molecular weight excluding hydrogens is 389 g/mol. The first-order valence-corrected chi connectivity index (χ1v) is 8.58. The quantitative estimate of drug-likeness (QED) is 0.564. The van der Waals surface area contributed by atoms with E-state index in [2.05, 4.69) is 46.9 Å². The van der Waals surface area contributed by atoms with Crippen LogP contribution >= 0.6 is 22.6 Å². The number of carbonyl (C=O) groups excluding carboxylic acids is 1. The van der Waals surface area contributed by atoms with E-state index in [4.69, 9.17) is 4.42 Å². The van der Waals surface area contributed by atoms with Crippen molar-refractivity contribution in [3.8, 4) is 0 Å². The number of furan rings is 1. The third kappa shape index (κ3) is 3.80. The Bertz CT molecular complexity index is 663. The summed E-state index contributed by atoms with van der Waals surface area (Å²) in [4.78, 5) is 14.4. The SMILES string of the molecule is O=C(/C=C/c1ccc(I)o1)N1CCCC1Cc1ccccc1. The predicted molar refractivity (Wildman–Crippen MR) is 95.3 cm³/mol. The fourth-order valence-electron chi connectivity index (χ4n) is 2.89. The minimum atomic E-state index is 0.0739. The van der Waals surface area contributed by atoms with Crippen molar-refractivity contribution in [2.75, 3.05) is 6.54 Å². The summed E-state index contributed by atoms with van der Waals surface area (Å²) in [6, 6.07) is 14.4. The Hall–Kier alpha value is -1.56. The summed E-state index contributed by atoms with van der Waals surface area (Å²) < 4.78 is 6.27. The molecule has 1 atom stereocenters. The van der Waals surface area contributed by atoms with E-state index in [0.29, 0.717) is 6.04 Å². The van der Waals surface area contributed by atoms with Gasteiger partial charge in [-0.3, -0.25) is 4.79 Å². The molecule has 1 aromatic carbocycles. The summed E-state index contributed by atoms with van der Waals surface area (Å²) in [5.41, 5.74) is 1.29. The van der Waals surface area contributed by atoms with E-state index in [1.165, 1.54) is 5.56 Å². The highest BCUT2D eigenvalue weighted by Gasteiger charge is 2.27. The fraction of sp³-hybridized carbons (Fsp3) is 0.278. The topological polar surface area (TPSA) is 33.5 Å². The number of hydrogen-bond donors (Lipinski definition) is 0. The van der Waals surface area contributed by atoms with Crippen LogP contribution in [-0.4, -0.2) is 23.4 Å². The highest BCUT2D eigenvalue weighted by atomic mass is 127. The van der Waals surface area contributed by atoms with Gasteiger partial charge in [-0.05, 0) is 65.6 Å². The molecule has 1 amide bonds. The van der Waals surface area contributed by atoms with Gasteiger partial charge < -0.3 is 9.32 Å². The number of halogens is 1. The Balaban J connectivity index is 1.64. The molecule has 1 aliphatic heterocycles. The second-order valence-corrected chi connectivity index (χ2v) is 6.56. The molecule has 22 heavy (non-hydrogen) atoms. The molecule has 0 N–H and O–H groups in total. The molecule has 0 radical (unpaired) electrons. The lowest BCUT2D eigenvalue weighted by atomic mass is 10.0. The van der Waals surface area contributed by atoms with E-state index in [-0.39, 0.29) is 5.91 Å². The lowest BCUT2D eigenvalue weighted by Crippen LogP contribution is -2.35. The van der Waals surface area contributed by atoms with Crippen molar-refractivity contribution in [3.05, 3.63) is 63.6 Å². The first-order valence-electron chi connectivity index (χ1n) is 7.50. The summed E-state index contributed by atoms with van der Waals surface area (Å²) in [5.74, 6) is 0.793. The lowest BCUT2D eigenvalue weighted by molar-refractivity contribution is -0.126. The van der Waals surface area contributed by atoms with Crippen molar-refractivity contribution in [1.82, 2.24) is 4.90 Å². The van der Waals surface area contributed by atoms with Crippen LogP contribution in [0.5, 0.6) is 0 Å². The van der Waals surface area contributed by atoms with E-state index in [1.54, 1.807) is 12.2 Å². The number of rotatable bonds is 4. The van der Waals surface area contributed by atoms with Crippen LogP contribution in [0.3, 0.4) is 0 Å². The first-order chi connectivity index (χ1) is 10.7. The smallest absolute Gasteiger partial charge is 0.246 e. The standard InChI is InChI=1S/C18H18INO2/c19-17-10-8-16(22-17)9-11-18(21)20-12-4-7-15(20)13-14-5-2-1-3-6-14/h1-3,5-6,8-11,15H,4,7,12-13H2/b11-9+. The molecule has 4 heteroatoms. The Morgan fingerprint density at radius 1 is 1.27 bits per heavy atom. The molecule has 114 valence electrons. The molecule has 1 aliphatic rings. The molecule has 0 aliphatic carbocycles. The minimum absolute atomic E-state index is 0.0739. The van der Waals surface area contributed by atoms with Gasteiger partial charge in [0.1, 0.15) is 5.76 Å². The molecule has 2 heterocycles. The van der Waals surface area contributed by atoms with Crippen molar-refractivity contribution in [1.29, 1.82) is 0 Å². The van der Waals surface area contributed by atoms with Crippen molar-refractivity contribution in [3.63, 3.8) is 0 Å². The van der Waals surface area contributed by atoms with Gasteiger partial charge >= 0.3 is 0 Å². The first kappa shape index (κ1) is 15.3. The van der Waals surface area contributed by atoms with Crippen LogP contribution in [0, 0.1) is 3.77 Å². The Morgan fingerprint density at radius 2 is 2.09 bits per heavy atom. The lowest BCUT2D eigenvalue weighted by Gasteiger charge is -2.23. The Morgan fingerprint density at radius 3 is 2.82 bits per heavy atom. The van der Waals surface area contributed by atoms with Gasteiger partial charge in [0.2, 0.25) is 5.91 Å². The molecule has 0 bridgehead atoms. The van der Waals surface area contributed by atoms with Gasteiger partial charge in [0.05, 0.1) is 0 Å². The molecular formula is C18H18INO2. The number of nitrogens with zero attached hydrogens (tertiary/aromatic N) is 1. The van der Waals surface area contributed by atoms with Gasteiger partial charge in [0.25, 0.3) is 0 Å². The molecule has 1 aromatic heterocycles. The van der Waals surface area contributed by atoms with Crippen LogP contribution < -0.4 is 0 Å². The molecule has 3 nitrogen and oxygen atoms in total. The third-order valence-corrected chi connectivity index (χ3v) is 4.54. The highest BCUT2D eigenvalue weighted by Crippen LogP contribution is 2.22. The molecule has 2 aromatic rings. The fourth-order valence-corrected chi connectivity index (χ4v) is 3.33. The van der Waals surface area contributed by atoms with Crippen molar-refractivity contribution < 1.29 is 9.21 Å². The van der Waals surface area contributed by atoms with Crippen LogP contribution in [0.1, 0.15) is 24.2 Å². The average molecular weight is 407 g/mol. The largest absolute Gasteiger partial charge is 0.451 e. The van der Waals surface area contributed by atoms with Gasteiger partial charge in [-0.1, -0.05) is 30.3 Å². The zero-order valence-corrected chi connectivity index (χ0v) is 14.4. The number of likely N-dealkylation sites (tertiary alicyclic amines) is 1. The summed E-state index contributed by atoms with van der Waals surface area (Å²) in [7, 11) is 0. The zero-order chi connectivity index (χ0) is 15.4. The van der Waals surface area contributed by atoms with Crippen molar-refractivity contribution >= 4 is 34.6 Å². The number of hydrogen-bond acceptors (Lipinski definition) is 2. The third-order valence-electron chi connectivity index (χ3n) is 3.96. The second-order valence-electron chi connectivity index (χ2n) is 5.49. The maximum absolute atomic E-state index is 12.4. The van der Waals surface area contributed by atoms with E-state index >= 15 is 0 Å². The van der Waals surface area contributed by atoms with Gasteiger partial charge in [-0.25, -0.2) is 0 Å². The van der Waals surface area contributed by atoms with Crippen LogP contribution in [-0.2, 0) is 11.2 Å². The van der Waals surface area contributed by atoms with Crippen molar-refractivity contribution in [2.45, 2.75) is 25.3 Å². The molecule has 1 fully saturated rings. The molecule has 0 saturated carbocycles.